The standard InChI is InChI=1S/C20H16N6O2/c1-27-14-8-9-15(17(10-14)28-2)18-23-20-16-11-22-26(13-6-4-3-5-7-13)19(16)21-12-25(20)24-18/h3-12H,1-2H3. The molecule has 0 N–H and O–H groups in total. The second-order valence-corrected chi connectivity index (χ2v) is 6.14. The molecule has 3 aromatic heterocycles. The van der Waals surface area contributed by atoms with Crippen LogP contribution < -0.4 is 9.47 Å². The van der Waals surface area contributed by atoms with Gasteiger partial charge in [-0.25, -0.2) is 19.2 Å². The van der Waals surface area contributed by atoms with Crippen LogP contribution in [0, 0.1) is 0 Å². The fraction of sp³-hybridized carbons (Fsp3) is 0.100. The lowest BCUT2D eigenvalue weighted by Gasteiger charge is -2.07. The van der Waals surface area contributed by atoms with Gasteiger partial charge in [-0.2, -0.15) is 5.10 Å². The number of methoxy groups -OCH3 is 2. The van der Waals surface area contributed by atoms with E-state index in [0.29, 0.717) is 23.0 Å². The molecule has 5 aromatic rings. The number of para-hydroxylation sites is 1. The number of aromatic nitrogens is 6. The van der Waals surface area contributed by atoms with Gasteiger partial charge in [0.1, 0.15) is 17.8 Å². The third-order valence-electron chi connectivity index (χ3n) is 4.56. The van der Waals surface area contributed by atoms with Crippen molar-refractivity contribution in [1.29, 1.82) is 0 Å². The van der Waals surface area contributed by atoms with Crippen LogP contribution in [0.3, 0.4) is 0 Å². The Kier molecular flexibility index (Phi) is 3.68. The van der Waals surface area contributed by atoms with Crippen LogP contribution in [0.15, 0.2) is 61.1 Å². The Hall–Kier alpha value is -3.94. The van der Waals surface area contributed by atoms with E-state index in [2.05, 4.69) is 15.2 Å². The average Bonchev–Trinajstić information content (AvgIpc) is 3.37. The van der Waals surface area contributed by atoms with Crippen molar-refractivity contribution in [3.05, 3.63) is 61.1 Å². The fourth-order valence-corrected chi connectivity index (χ4v) is 3.18. The van der Waals surface area contributed by atoms with Crippen LogP contribution in [0.2, 0.25) is 0 Å². The number of benzene rings is 2. The average molecular weight is 372 g/mol. The molecule has 0 atom stereocenters. The van der Waals surface area contributed by atoms with Gasteiger partial charge in [0.15, 0.2) is 17.1 Å². The molecule has 0 saturated heterocycles. The lowest BCUT2D eigenvalue weighted by Crippen LogP contribution is -1.98. The zero-order valence-corrected chi connectivity index (χ0v) is 15.3. The topological polar surface area (TPSA) is 79.4 Å². The van der Waals surface area contributed by atoms with Crippen molar-refractivity contribution in [2.45, 2.75) is 0 Å². The first-order chi connectivity index (χ1) is 13.8. The van der Waals surface area contributed by atoms with Gasteiger partial charge in [0.25, 0.3) is 0 Å². The number of nitrogens with zero attached hydrogens (tertiary/aromatic N) is 6. The molecule has 0 unspecified atom stereocenters. The van der Waals surface area contributed by atoms with Crippen molar-refractivity contribution in [3.63, 3.8) is 0 Å². The van der Waals surface area contributed by atoms with E-state index >= 15 is 0 Å². The molecule has 0 radical (unpaired) electrons. The predicted octanol–water partition coefficient (Wildman–Crippen LogP) is 3.15. The van der Waals surface area contributed by atoms with Crippen LogP contribution in [0.25, 0.3) is 33.8 Å². The molecule has 0 aliphatic heterocycles. The van der Waals surface area contributed by atoms with Crippen LogP contribution in [0.5, 0.6) is 11.5 Å². The first-order valence-corrected chi connectivity index (χ1v) is 8.65. The van der Waals surface area contributed by atoms with Gasteiger partial charge in [0.05, 0.1) is 37.1 Å². The summed E-state index contributed by atoms with van der Waals surface area (Å²) in [6, 6.07) is 15.4. The van der Waals surface area contributed by atoms with Crippen molar-refractivity contribution in [2.75, 3.05) is 14.2 Å². The molecule has 2 aromatic carbocycles. The molecule has 3 heterocycles. The smallest absolute Gasteiger partial charge is 0.185 e. The Labute approximate surface area is 160 Å². The highest BCUT2D eigenvalue weighted by Gasteiger charge is 2.17. The maximum Gasteiger partial charge on any atom is 0.185 e. The van der Waals surface area contributed by atoms with Gasteiger partial charge >= 0.3 is 0 Å². The van der Waals surface area contributed by atoms with Crippen LogP contribution in [0.4, 0.5) is 0 Å². The second-order valence-electron chi connectivity index (χ2n) is 6.14. The van der Waals surface area contributed by atoms with Crippen molar-refractivity contribution in [3.8, 4) is 28.6 Å². The van der Waals surface area contributed by atoms with E-state index in [-0.39, 0.29) is 0 Å². The molecule has 0 amide bonds. The first kappa shape index (κ1) is 16.2. The van der Waals surface area contributed by atoms with Crippen molar-refractivity contribution in [1.82, 2.24) is 29.4 Å². The Morgan fingerprint density at radius 3 is 2.57 bits per heavy atom. The minimum Gasteiger partial charge on any atom is -0.497 e. The summed E-state index contributed by atoms with van der Waals surface area (Å²) >= 11 is 0. The van der Waals surface area contributed by atoms with Gasteiger partial charge in [-0.15, -0.1) is 5.10 Å². The third-order valence-corrected chi connectivity index (χ3v) is 4.56. The molecule has 0 saturated carbocycles. The van der Waals surface area contributed by atoms with E-state index in [1.165, 1.54) is 0 Å². The van der Waals surface area contributed by atoms with E-state index in [4.69, 9.17) is 14.5 Å². The summed E-state index contributed by atoms with van der Waals surface area (Å²) in [5.74, 6) is 1.89. The predicted molar refractivity (Wildman–Crippen MR) is 104 cm³/mol. The number of hydrogen-bond donors (Lipinski definition) is 0. The molecular weight excluding hydrogens is 356 g/mol. The summed E-state index contributed by atoms with van der Waals surface area (Å²) in [5, 5.41) is 9.87. The summed E-state index contributed by atoms with van der Waals surface area (Å²) in [7, 11) is 3.22. The van der Waals surface area contributed by atoms with E-state index in [0.717, 1.165) is 22.3 Å². The molecule has 0 aliphatic rings. The summed E-state index contributed by atoms with van der Waals surface area (Å²) in [6.45, 7) is 0. The molecule has 0 spiro atoms. The van der Waals surface area contributed by atoms with Gasteiger partial charge in [-0.3, -0.25) is 0 Å². The van der Waals surface area contributed by atoms with E-state index in [1.54, 1.807) is 35.9 Å². The van der Waals surface area contributed by atoms with E-state index in [9.17, 15) is 0 Å². The molecule has 138 valence electrons. The summed E-state index contributed by atoms with van der Waals surface area (Å²) in [5.41, 5.74) is 3.11. The largest absolute Gasteiger partial charge is 0.497 e. The van der Waals surface area contributed by atoms with Gasteiger partial charge in [0.2, 0.25) is 0 Å². The minimum atomic E-state index is 0.543. The van der Waals surface area contributed by atoms with Crippen LogP contribution in [0.1, 0.15) is 0 Å². The molecule has 0 bridgehead atoms. The van der Waals surface area contributed by atoms with Crippen LogP contribution in [-0.4, -0.2) is 43.6 Å². The van der Waals surface area contributed by atoms with Crippen molar-refractivity contribution >= 4 is 16.7 Å². The van der Waals surface area contributed by atoms with Crippen molar-refractivity contribution < 1.29 is 9.47 Å². The Bertz CT molecular complexity index is 1290. The highest BCUT2D eigenvalue weighted by molar-refractivity contribution is 5.90. The number of fused-ring (bicyclic) bond motifs is 3. The Morgan fingerprint density at radius 2 is 1.79 bits per heavy atom. The molecular formula is C20H16N6O2. The molecule has 8 nitrogen and oxygen atoms in total. The molecule has 8 heteroatoms. The summed E-state index contributed by atoms with van der Waals surface area (Å²) in [6.07, 6.45) is 3.40. The van der Waals surface area contributed by atoms with Gasteiger partial charge in [0, 0.05) is 6.07 Å². The molecule has 0 aliphatic carbocycles. The normalized spacial score (nSPS) is 11.2. The maximum absolute atomic E-state index is 5.49. The van der Waals surface area contributed by atoms with Gasteiger partial charge < -0.3 is 9.47 Å². The summed E-state index contributed by atoms with van der Waals surface area (Å²) < 4.78 is 14.2. The first-order valence-electron chi connectivity index (χ1n) is 8.65. The minimum absolute atomic E-state index is 0.543. The molecule has 0 fully saturated rings. The lowest BCUT2D eigenvalue weighted by molar-refractivity contribution is 0.395. The second kappa shape index (κ2) is 6.34. The summed E-state index contributed by atoms with van der Waals surface area (Å²) in [4.78, 5) is 9.25. The SMILES string of the molecule is COc1ccc(-c2nc3c4cnn(-c5ccccc5)c4ncn3n2)c(OC)c1. The Morgan fingerprint density at radius 1 is 0.929 bits per heavy atom. The van der Waals surface area contributed by atoms with Crippen LogP contribution in [-0.2, 0) is 0 Å². The fourth-order valence-electron chi connectivity index (χ4n) is 3.18. The Balaban J connectivity index is 1.68. The number of rotatable bonds is 4. The third kappa shape index (κ3) is 2.46. The number of ether oxygens (including phenoxy) is 2. The van der Waals surface area contributed by atoms with Gasteiger partial charge in [-0.05, 0) is 24.3 Å². The highest BCUT2D eigenvalue weighted by atomic mass is 16.5. The quantitative estimate of drug-likeness (QED) is 0.482. The van der Waals surface area contributed by atoms with Gasteiger partial charge in [-0.1, -0.05) is 18.2 Å². The van der Waals surface area contributed by atoms with Crippen molar-refractivity contribution in [2.24, 2.45) is 0 Å². The molecule has 28 heavy (non-hydrogen) atoms. The highest BCUT2D eigenvalue weighted by Crippen LogP contribution is 2.32. The van der Waals surface area contributed by atoms with E-state index in [1.807, 2.05) is 48.5 Å². The zero-order valence-electron chi connectivity index (χ0n) is 15.3. The van der Waals surface area contributed by atoms with E-state index < -0.39 is 0 Å². The zero-order chi connectivity index (χ0) is 19.1. The molecule has 5 rings (SSSR count). The maximum atomic E-state index is 5.49. The monoisotopic (exact) mass is 372 g/mol. The lowest BCUT2D eigenvalue weighted by atomic mass is 10.2. The van der Waals surface area contributed by atoms with Crippen LogP contribution >= 0.6 is 0 Å². The number of hydrogen-bond acceptors (Lipinski definition) is 6.